The summed E-state index contributed by atoms with van der Waals surface area (Å²) in [6.07, 6.45) is 0. The maximum Gasteiger partial charge on any atom is 0.230 e. The van der Waals surface area contributed by atoms with E-state index in [0.717, 1.165) is 18.1 Å². The Bertz CT molecular complexity index is 470. The molecule has 1 aliphatic heterocycles. The normalized spacial score (nSPS) is 22.0. The van der Waals surface area contributed by atoms with Crippen molar-refractivity contribution in [2.24, 2.45) is 5.92 Å². The summed E-state index contributed by atoms with van der Waals surface area (Å²) in [4.78, 5) is 14.7. The van der Waals surface area contributed by atoms with Gasteiger partial charge in [0.1, 0.15) is 11.5 Å². The molecule has 1 saturated heterocycles. The van der Waals surface area contributed by atoms with Crippen molar-refractivity contribution in [2.75, 3.05) is 19.8 Å². The molecule has 1 N–H and O–H groups in total. The minimum Gasteiger partial charge on any atom is -0.464 e. The van der Waals surface area contributed by atoms with Crippen LogP contribution in [0.2, 0.25) is 0 Å². The Kier molecular flexibility index (Phi) is 5.42. The summed E-state index contributed by atoms with van der Waals surface area (Å²) in [7, 11) is 0. The number of hydrogen-bond donors (Lipinski definition) is 1. The van der Waals surface area contributed by atoms with Gasteiger partial charge >= 0.3 is 0 Å². The van der Waals surface area contributed by atoms with Gasteiger partial charge in [0, 0.05) is 12.1 Å². The molecule has 1 amide bonds. The minimum absolute atomic E-state index is 0.108. The Morgan fingerprint density at radius 1 is 1.43 bits per heavy atom. The molecule has 5 heteroatoms. The van der Waals surface area contributed by atoms with Crippen molar-refractivity contribution in [2.45, 2.75) is 46.3 Å². The van der Waals surface area contributed by atoms with Crippen molar-refractivity contribution in [3.8, 4) is 0 Å². The molecule has 21 heavy (non-hydrogen) atoms. The lowest BCUT2D eigenvalue weighted by atomic mass is 10.0. The Labute approximate surface area is 126 Å². The number of hydrogen-bond acceptors (Lipinski definition) is 4. The molecule has 2 unspecified atom stereocenters. The lowest BCUT2D eigenvalue weighted by Crippen LogP contribution is -2.47. The van der Waals surface area contributed by atoms with E-state index < -0.39 is 0 Å². The van der Waals surface area contributed by atoms with Crippen LogP contribution in [0.3, 0.4) is 0 Å². The SMILES string of the molecule is CCNC1COCC1C(=O)N(Cc1ccc(C)o1)C(C)C. The second-order valence-electron chi connectivity index (χ2n) is 5.88. The van der Waals surface area contributed by atoms with Crippen molar-refractivity contribution >= 4 is 5.91 Å². The molecular formula is C16H26N2O3. The molecule has 2 heterocycles. The highest BCUT2D eigenvalue weighted by Gasteiger charge is 2.37. The van der Waals surface area contributed by atoms with Crippen LogP contribution in [0.25, 0.3) is 0 Å². The molecule has 0 saturated carbocycles. The number of ether oxygens (including phenoxy) is 1. The molecule has 2 rings (SSSR count). The third kappa shape index (κ3) is 3.86. The summed E-state index contributed by atoms with van der Waals surface area (Å²) in [5.41, 5.74) is 0. The molecule has 1 aliphatic rings. The number of furan rings is 1. The van der Waals surface area contributed by atoms with E-state index in [9.17, 15) is 4.79 Å². The summed E-state index contributed by atoms with van der Waals surface area (Å²) in [5.74, 6) is 1.73. The highest BCUT2D eigenvalue weighted by atomic mass is 16.5. The van der Waals surface area contributed by atoms with Crippen LogP contribution in [-0.4, -0.2) is 42.6 Å². The quantitative estimate of drug-likeness (QED) is 0.871. The van der Waals surface area contributed by atoms with Crippen molar-refractivity contribution in [1.29, 1.82) is 0 Å². The zero-order valence-electron chi connectivity index (χ0n) is 13.4. The fourth-order valence-corrected chi connectivity index (χ4v) is 2.73. The monoisotopic (exact) mass is 294 g/mol. The molecule has 0 aromatic carbocycles. The summed E-state index contributed by atoms with van der Waals surface area (Å²) in [5, 5.41) is 3.34. The predicted octanol–water partition coefficient (Wildman–Crippen LogP) is 1.95. The van der Waals surface area contributed by atoms with Gasteiger partial charge < -0.3 is 19.4 Å². The smallest absolute Gasteiger partial charge is 0.230 e. The summed E-state index contributed by atoms with van der Waals surface area (Å²) >= 11 is 0. The second-order valence-corrected chi connectivity index (χ2v) is 5.88. The Morgan fingerprint density at radius 3 is 2.76 bits per heavy atom. The first-order chi connectivity index (χ1) is 10.0. The molecule has 0 aliphatic carbocycles. The number of nitrogens with one attached hydrogen (secondary N) is 1. The zero-order valence-corrected chi connectivity index (χ0v) is 13.4. The first-order valence-electron chi connectivity index (χ1n) is 7.69. The van der Waals surface area contributed by atoms with Gasteiger partial charge in [0.05, 0.1) is 25.7 Å². The van der Waals surface area contributed by atoms with Crippen molar-refractivity contribution < 1.29 is 13.9 Å². The van der Waals surface area contributed by atoms with E-state index in [1.54, 1.807) is 0 Å². The second kappa shape index (κ2) is 7.09. The standard InChI is InChI=1S/C16H26N2O3/c1-5-17-15-10-20-9-14(15)16(19)18(11(2)3)8-13-7-6-12(4)21-13/h6-7,11,14-15,17H,5,8-10H2,1-4H3. The first kappa shape index (κ1) is 16.0. The molecule has 1 aromatic rings. The fourth-order valence-electron chi connectivity index (χ4n) is 2.73. The Balaban J connectivity index is 2.08. The Morgan fingerprint density at radius 2 is 2.19 bits per heavy atom. The van der Waals surface area contributed by atoms with E-state index in [4.69, 9.17) is 9.15 Å². The summed E-state index contributed by atoms with van der Waals surface area (Å²) in [6.45, 7) is 10.5. The maximum absolute atomic E-state index is 12.8. The average molecular weight is 294 g/mol. The number of carbonyl (C=O) groups is 1. The molecule has 2 atom stereocenters. The van der Waals surface area contributed by atoms with Gasteiger partial charge in [0.15, 0.2) is 0 Å². The number of likely N-dealkylation sites (N-methyl/N-ethyl adjacent to an activating group) is 1. The van der Waals surface area contributed by atoms with Gasteiger partial charge in [-0.1, -0.05) is 6.92 Å². The third-order valence-corrected chi connectivity index (χ3v) is 3.89. The zero-order chi connectivity index (χ0) is 15.4. The average Bonchev–Trinajstić information content (AvgIpc) is 3.04. The van der Waals surface area contributed by atoms with Crippen molar-refractivity contribution in [3.63, 3.8) is 0 Å². The first-order valence-corrected chi connectivity index (χ1v) is 7.69. The molecule has 0 bridgehead atoms. The van der Waals surface area contributed by atoms with E-state index in [1.165, 1.54) is 0 Å². The number of nitrogens with zero attached hydrogens (tertiary/aromatic N) is 1. The number of rotatable bonds is 6. The molecule has 1 aromatic heterocycles. The fraction of sp³-hybridized carbons (Fsp3) is 0.688. The van der Waals surface area contributed by atoms with Gasteiger partial charge in [-0.15, -0.1) is 0 Å². The minimum atomic E-state index is -0.108. The Hall–Kier alpha value is -1.33. The van der Waals surface area contributed by atoms with Gasteiger partial charge in [-0.25, -0.2) is 0 Å². The number of carbonyl (C=O) groups excluding carboxylic acids is 1. The highest BCUT2D eigenvalue weighted by molar-refractivity contribution is 5.80. The van der Waals surface area contributed by atoms with E-state index in [-0.39, 0.29) is 23.9 Å². The van der Waals surface area contributed by atoms with Crippen LogP contribution in [0, 0.1) is 12.8 Å². The van der Waals surface area contributed by atoms with Crippen LogP contribution in [0.4, 0.5) is 0 Å². The summed E-state index contributed by atoms with van der Waals surface area (Å²) in [6, 6.07) is 4.11. The largest absolute Gasteiger partial charge is 0.464 e. The highest BCUT2D eigenvalue weighted by Crippen LogP contribution is 2.20. The maximum atomic E-state index is 12.8. The predicted molar refractivity (Wildman–Crippen MR) is 80.9 cm³/mol. The van der Waals surface area contributed by atoms with Crippen LogP contribution in [0.5, 0.6) is 0 Å². The molecule has 118 valence electrons. The molecule has 5 nitrogen and oxygen atoms in total. The van der Waals surface area contributed by atoms with Crippen molar-refractivity contribution in [3.05, 3.63) is 23.7 Å². The van der Waals surface area contributed by atoms with Crippen LogP contribution in [0.15, 0.2) is 16.5 Å². The van der Waals surface area contributed by atoms with Gasteiger partial charge in [-0.05, 0) is 39.4 Å². The third-order valence-electron chi connectivity index (χ3n) is 3.89. The van der Waals surface area contributed by atoms with E-state index in [1.807, 2.05) is 44.7 Å². The van der Waals surface area contributed by atoms with E-state index in [2.05, 4.69) is 5.32 Å². The van der Waals surface area contributed by atoms with Crippen LogP contribution < -0.4 is 5.32 Å². The van der Waals surface area contributed by atoms with Crippen LogP contribution in [0.1, 0.15) is 32.3 Å². The lowest BCUT2D eigenvalue weighted by Gasteiger charge is -2.30. The molecule has 0 radical (unpaired) electrons. The number of amides is 1. The number of aryl methyl sites for hydroxylation is 1. The summed E-state index contributed by atoms with van der Waals surface area (Å²) < 4.78 is 11.1. The lowest BCUT2D eigenvalue weighted by molar-refractivity contribution is -0.138. The van der Waals surface area contributed by atoms with Gasteiger partial charge in [0.25, 0.3) is 0 Å². The molecular weight excluding hydrogens is 268 g/mol. The van der Waals surface area contributed by atoms with Crippen molar-refractivity contribution in [1.82, 2.24) is 10.2 Å². The van der Waals surface area contributed by atoms with Gasteiger partial charge in [-0.2, -0.15) is 0 Å². The van der Waals surface area contributed by atoms with E-state index in [0.29, 0.717) is 19.8 Å². The van der Waals surface area contributed by atoms with Gasteiger partial charge in [0.2, 0.25) is 5.91 Å². The van der Waals surface area contributed by atoms with E-state index >= 15 is 0 Å². The molecule has 0 spiro atoms. The topological polar surface area (TPSA) is 54.7 Å². The van der Waals surface area contributed by atoms with Crippen LogP contribution >= 0.6 is 0 Å². The van der Waals surface area contributed by atoms with Crippen LogP contribution in [-0.2, 0) is 16.1 Å². The molecule has 1 fully saturated rings. The van der Waals surface area contributed by atoms with Gasteiger partial charge in [-0.3, -0.25) is 4.79 Å².